The SMILES string of the molecule is CNC(C)(C)c1cncn1CC(C)N(C)C1CC1. The van der Waals surface area contributed by atoms with Gasteiger partial charge in [0.15, 0.2) is 0 Å². The van der Waals surface area contributed by atoms with Crippen LogP contribution >= 0.6 is 0 Å². The first-order valence-electron chi connectivity index (χ1n) is 6.87. The van der Waals surface area contributed by atoms with Gasteiger partial charge in [0.1, 0.15) is 0 Å². The normalized spacial score (nSPS) is 18.3. The summed E-state index contributed by atoms with van der Waals surface area (Å²) < 4.78 is 2.28. The number of nitrogens with zero attached hydrogens (tertiary/aromatic N) is 3. The Morgan fingerprint density at radius 2 is 2.22 bits per heavy atom. The highest BCUT2D eigenvalue weighted by atomic mass is 15.2. The maximum atomic E-state index is 4.31. The molecule has 0 bridgehead atoms. The second kappa shape index (κ2) is 5.02. The summed E-state index contributed by atoms with van der Waals surface area (Å²) in [6, 6.07) is 1.36. The zero-order valence-electron chi connectivity index (χ0n) is 12.3. The van der Waals surface area contributed by atoms with Crippen molar-refractivity contribution >= 4 is 0 Å². The van der Waals surface area contributed by atoms with Gasteiger partial charge < -0.3 is 9.88 Å². The van der Waals surface area contributed by atoms with Gasteiger partial charge >= 0.3 is 0 Å². The first kappa shape index (κ1) is 13.6. The van der Waals surface area contributed by atoms with E-state index in [2.05, 4.69) is 47.6 Å². The van der Waals surface area contributed by atoms with Crippen molar-refractivity contribution in [2.24, 2.45) is 0 Å². The summed E-state index contributed by atoms with van der Waals surface area (Å²) in [5, 5.41) is 3.35. The monoisotopic (exact) mass is 250 g/mol. The number of hydrogen-bond acceptors (Lipinski definition) is 3. The fourth-order valence-electron chi connectivity index (χ4n) is 2.37. The quantitative estimate of drug-likeness (QED) is 0.836. The summed E-state index contributed by atoms with van der Waals surface area (Å²) in [5.41, 5.74) is 1.22. The highest BCUT2D eigenvalue weighted by Crippen LogP contribution is 2.28. The van der Waals surface area contributed by atoms with Crippen molar-refractivity contribution in [3.05, 3.63) is 18.2 Å². The highest BCUT2D eigenvalue weighted by Gasteiger charge is 2.30. The second-order valence-electron chi connectivity index (χ2n) is 6.05. The number of hydrogen-bond donors (Lipinski definition) is 1. The Balaban J connectivity index is 2.07. The van der Waals surface area contributed by atoms with Crippen molar-refractivity contribution in [2.45, 2.75) is 57.8 Å². The van der Waals surface area contributed by atoms with Crippen molar-refractivity contribution in [2.75, 3.05) is 14.1 Å². The third-order valence-corrected chi connectivity index (χ3v) is 4.26. The smallest absolute Gasteiger partial charge is 0.0949 e. The van der Waals surface area contributed by atoms with E-state index in [0.717, 1.165) is 12.6 Å². The van der Waals surface area contributed by atoms with Gasteiger partial charge in [0.2, 0.25) is 0 Å². The summed E-state index contributed by atoms with van der Waals surface area (Å²) >= 11 is 0. The van der Waals surface area contributed by atoms with Gasteiger partial charge in [0.25, 0.3) is 0 Å². The third kappa shape index (κ3) is 2.75. The molecule has 102 valence electrons. The van der Waals surface area contributed by atoms with E-state index >= 15 is 0 Å². The van der Waals surface area contributed by atoms with E-state index < -0.39 is 0 Å². The molecule has 1 aliphatic rings. The van der Waals surface area contributed by atoms with Crippen LogP contribution in [0.25, 0.3) is 0 Å². The van der Waals surface area contributed by atoms with E-state index in [9.17, 15) is 0 Å². The minimum Gasteiger partial charge on any atom is -0.331 e. The minimum atomic E-state index is -0.0334. The van der Waals surface area contributed by atoms with Gasteiger partial charge in [-0.3, -0.25) is 4.90 Å². The molecule has 0 radical (unpaired) electrons. The number of likely N-dealkylation sites (N-methyl/N-ethyl adjacent to an activating group) is 1. The molecule has 1 aromatic rings. The van der Waals surface area contributed by atoms with E-state index in [-0.39, 0.29) is 5.54 Å². The average Bonchev–Trinajstić information content (AvgIpc) is 3.08. The molecule has 1 fully saturated rings. The molecule has 0 aliphatic heterocycles. The summed E-state index contributed by atoms with van der Waals surface area (Å²) in [7, 11) is 4.24. The van der Waals surface area contributed by atoms with E-state index in [1.165, 1.54) is 18.5 Å². The van der Waals surface area contributed by atoms with Crippen LogP contribution in [0, 0.1) is 0 Å². The molecule has 0 saturated heterocycles. The summed E-state index contributed by atoms with van der Waals surface area (Å²) in [5.74, 6) is 0. The molecular weight excluding hydrogens is 224 g/mol. The zero-order chi connectivity index (χ0) is 13.3. The van der Waals surface area contributed by atoms with Gasteiger partial charge in [-0.1, -0.05) is 0 Å². The first-order valence-corrected chi connectivity index (χ1v) is 6.87. The van der Waals surface area contributed by atoms with Crippen LogP contribution in [0.5, 0.6) is 0 Å². The lowest BCUT2D eigenvalue weighted by atomic mass is 10.0. The van der Waals surface area contributed by atoms with Gasteiger partial charge in [-0.25, -0.2) is 4.98 Å². The lowest BCUT2D eigenvalue weighted by molar-refractivity contribution is 0.221. The molecule has 0 spiro atoms. The molecule has 2 rings (SSSR count). The molecule has 0 amide bonds. The van der Waals surface area contributed by atoms with Gasteiger partial charge in [0.05, 0.1) is 17.6 Å². The Morgan fingerprint density at radius 3 is 2.78 bits per heavy atom. The second-order valence-corrected chi connectivity index (χ2v) is 6.05. The van der Waals surface area contributed by atoms with E-state index in [0.29, 0.717) is 6.04 Å². The van der Waals surface area contributed by atoms with Crippen molar-refractivity contribution in [3.63, 3.8) is 0 Å². The Labute approximate surface area is 110 Å². The molecule has 1 aliphatic carbocycles. The molecule has 4 nitrogen and oxygen atoms in total. The molecule has 0 aromatic carbocycles. The van der Waals surface area contributed by atoms with Crippen LogP contribution in [0.2, 0.25) is 0 Å². The standard InChI is InChI=1S/C14H26N4/c1-11(17(5)12-6-7-12)9-18-10-16-8-13(18)14(2,3)15-4/h8,10-12,15H,6-7,9H2,1-5H3. The van der Waals surface area contributed by atoms with Gasteiger partial charge in [-0.2, -0.15) is 0 Å². The molecule has 1 atom stereocenters. The third-order valence-electron chi connectivity index (χ3n) is 4.26. The summed E-state index contributed by atoms with van der Waals surface area (Å²) in [6.07, 6.45) is 6.64. The van der Waals surface area contributed by atoms with Crippen molar-refractivity contribution in [1.29, 1.82) is 0 Å². The molecule has 4 heteroatoms. The van der Waals surface area contributed by atoms with Crippen LogP contribution < -0.4 is 5.32 Å². The van der Waals surface area contributed by atoms with Crippen molar-refractivity contribution < 1.29 is 0 Å². The lowest BCUT2D eigenvalue weighted by Gasteiger charge is -2.29. The Bertz CT molecular complexity index is 392. The zero-order valence-corrected chi connectivity index (χ0v) is 12.3. The average molecular weight is 250 g/mol. The summed E-state index contributed by atoms with van der Waals surface area (Å²) in [4.78, 5) is 6.81. The molecule has 1 unspecified atom stereocenters. The van der Waals surface area contributed by atoms with Gasteiger partial charge in [0, 0.05) is 24.8 Å². The van der Waals surface area contributed by atoms with Crippen molar-refractivity contribution in [1.82, 2.24) is 19.8 Å². The highest BCUT2D eigenvalue weighted by molar-refractivity contribution is 5.11. The van der Waals surface area contributed by atoms with Gasteiger partial charge in [-0.05, 0) is 47.7 Å². The minimum absolute atomic E-state index is 0.0334. The number of imidazole rings is 1. The number of nitrogens with one attached hydrogen (secondary N) is 1. The van der Waals surface area contributed by atoms with Crippen molar-refractivity contribution in [3.8, 4) is 0 Å². The van der Waals surface area contributed by atoms with Crippen LogP contribution in [0.4, 0.5) is 0 Å². The van der Waals surface area contributed by atoms with E-state index in [1.54, 1.807) is 0 Å². The van der Waals surface area contributed by atoms with Crippen LogP contribution in [0.15, 0.2) is 12.5 Å². The van der Waals surface area contributed by atoms with E-state index in [4.69, 9.17) is 0 Å². The van der Waals surface area contributed by atoms with Crippen LogP contribution in [0.1, 0.15) is 39.3 Å². The molecule has 1 N–H and O–H groups in total. The van der Waals surface area contributed by atoms with Crippen LogP contribution in [0.3, 0.4) is 0 Å². The lowest BCUT2D eigenvalue weighted by Crippen LogP contribution is -2.39. The Hall–Kier alpha value is -0.870. The number of aromatic nitrogens is 2. The van der Waals surface area contributed by atoms with Gasteiger partial charge in [-0.15, -0.1) is 0 Å². The molecule has 1 saturated carbocycles. The molecular formula is C14H26N4. The molecule has 1 aromatic heterocycles. The Morgan fingerprint density at radius 1 is 1.56 bits per heavy atom. The summed E-state index contributed by atoms with van der Waals surface area (Å²) in [6.45, 7) is 7.69. The fraction of sp³-hybridized carbons (Fsp3) is 0.786. The van der Waals surface area contributed by atoms with E-state index in [1.807, 2.05) is 19.6 Å². The Kier molecular flexibility index (Phi) is 3.78. The maximum Gasteiger partial charge on any atom is 0.0949 e. The molecule has 18 heavy (non-hydrogen) atoms. The van der Waals surface area contributed by atoms with Crippen LogP contribution in [-0.4, -0.2) is 40.6 Å². The van der Waals surface area contributed by atoms with Crippen LogP contribution in [-0.2, 0) is 12.1 Å². The fourth-order valence-corrected chi connectivity index (χ4v) is 2.37. The maximum absolute atomic E-state index is 4.31. The molecule has 1 heterocycles. The predicted octanol–water partition coefficient (Wildman–Crippen LogP) is 1.82. The first-order chi connectivity index (χ1) is 8.45. The topological polar surface area (TPSA) is 33.1 Å². The number of rotatable bonds is 6. The predicted molar refractivity (Wildman–Crippen MR) is 74.6 cm³/mol. The largest absolute Gasteiger partial charge is 0.331 e.